The van der Waals surface area contributed by atoms with Gasteiger partial charge in [-0.3, -0.25) is 0 Å². The maximum absolute atomic E-state index is 9.69. The van der Waals surface area contributed by atoms with Gasteiger partial charge < -0.3 is 20.5 Å². The van der Waals surface area contributed by atoms with Crippen LogP contribution in [0.15, 0.2) is 30.5 Å². The van der Waals surface area contributed by atoms with Crippen molar-refractivity contribution in [2.75, 3.05) is 30.4 Å². The van der Waals surface area contributed by atoms with Crippen molar-refractivity contribution in [1.29, 1.82) is 0 Å². The summed E-state index contributed by atoms with van der Waals surface area (Å²) in [5.41, 5.74) is 1.70. The first-order valence-electron chi connectivity index (χ1n) is 10.6. The number of halogens is 1. The number of aliphatic hydroxyl groups is 1. The molecule has 1 saturated heterocycles. The van der Waals surface area contributed by atoms with E-state index in [0.717, 1.165) is 81.2 Å². The summed E-state index contributed by atoms with van der Waals surface area (Å²) in [6, 6.07) is 8.27. The molecule has 2 aromatic rings. The molecule has 0 bridgehead atoms. The van der Waals surface area contributed by atoms with Gasteiger partial charge in [-0.05, 0) is 62.6 Å². The highest BCUT2D eigenvalue weighted by molar-refractivity contribution is 6.33. The molecule has 0 radical (unpaired) electrons. The third-order valence-corrected chi connectivity index (χ3v) is 6.14. The number of hydrogen-bond donors (Lipinski definition) is 3. The van der Waals surface area contributed by atoms with Crippen LogP contribution >= 0.6 is 11.6 Å². The van der Waals surface area contributed by atoms with Gasteiger partial charge in [0.2, 0.25) is 0 Å². The molecule has 1 aliphatic carbocycles. The molecular weight excluding hydrogens is 388 g/mol. The molecule has 0 unspecified atom stereocenters. The van der Waals surface area contributed by atoms with Crippen LogP contribution in [0.25, 0.3) is 11.3 Å². The molecule has 7 heteroatoms. The maximum atomic E-state index is 9.69. The summed E-state index contributed by atoms with van der Waals surface area (Å²) >= 11 is 6.45. The van der Waals surface area contributed by atoms with Gasteiger partial charge in [0.05, 0.1) is 16.8 Å². The standard InChI is InChI=1S/C22H29ClN4O2/c23-19-14-25-22(26-16-4-6-17(28)7-5-16)12-18(19)20-2-1-3-21(27-20)24-13-15-8-10-29-11-9-15/h1-3,12,14-17,28H,4-11,13H2,(H,24,27)(H,25,26)/t16-,17-. The Morgan fingerprint density at radius 2 is 1.86 bits per heavy atom. The quantitative estimate of drug-likeness (QED) is 0.649. The predicted octanol–water partition coefficient (Wildman–Crippen LogP) is 4.35. The zero-order chi connectivity index (χ0) is 20.1. The van der Waals surface area contributed by atoms with E-state index in [1.165, 1.54) is 0 Å². The van der Waals surface area contributed by atoms with Gasteiger partial charge in [0.25, 0.3) is 0 Å². The van der Waals surface area contributed by atoms with E-state index >= 15 is 0 Å². The first-order chi connectivity index (χ1) is 14.2. The molecule has 4 rings (SSSR count). The lowest BCUT2D eigenvalue weighted by Gasteiger charge is -2.26. The van der Waals surface area contributed by atoms with Gasteiger partial charge in [0.15, 0.2) is 0 Å². The van der Waals surface area contributed by atoms with Crippen molar-refractivity contribution >= 4 is 23.2 Å². The second-order valence-corrected chi connectivity index (χ2v) is 8.45. The van der Waals surface area contributed by atoms with E-state index in [0.29, 0.717) is 17.0 Å². The van der Waals surface area contributed by atoms with Crippen LogP contribution in [-0.4, -0.2) is 47.0 Å². The molecule has 156 valence electrons. The smallest absolute Gasteiger partial charge is 0.126 e. The van der Waals surface area contributed by atoms with E-state index in [-0.39, 0.29) is 6.10 Å². The number of hydrogen-bond acceptors (Lipinski definition) is 6. The fourth-order valence-corrected chi connectivity index (χ4v) is 4.23. The molecule has 1 aliphatic heterocycles. The molecule has 29 heavy (non-hydrogen) atoms. The Morgan fingerprint density at radius 3 is 2.66 bits per heavy atom. The van der Waals surface area contributed by atoms with E-state index in [1.807, 2.05) is 24.3 Å². The Hall–Kier alpha value is -1.89. The molecule has 0 amide bonds. The fraction of sp³-hybridized carbons (Fsp3) is 0.545. The Labute approximate surface area is 177 Å². The van der Waals surface area contributed by atoms with Crippen LogP contribution in [0.5, 0.6) is 0 Å². The third kappa shape index (κ3) is 5.59. The topological polar surface area (TPSA) is 79.3 Å². The second-order valence-electron chi connectivity index (χ2n) is 8.04. The van der Waals surface area contributed by atoms with Crippen molar-refractivity contribution in [3.8, 4) is 11.3 Å². The highest BCUT2D eigenvalue weighted by Crippen LogP contribution is 2.30. The number of anilines is 2. The zero-order valence-corrected chi connectivity index (χ0v) is 17.4. The van der Waals surface area contributed by atoms with Crippen LogP contribution in [0.3, 0.4) is 0 Å². The van der Waals surface area contributed by atoms with Crippen molar-refractivity contribution in [2.24, 2.45) is 5.92 Å². The van der Waals surface area contributed by atoms with Gasteiger partial charge in [0.1, 0.15) is 11.6 Å². The van der Waals surface area contributed by atoms with E-state index in [9.17, 15) is 5.11 Å². The first-order valence-corrected chi connectivity index (χ1v) is 10.9. The largest absolute Gasteiger partial charge is 0.393 e. The average Bonchev–Trinajstić information content (AvgIpc) is 2.76. The summed E-state index contributed by atoms with van der Waals surface area (Å²) in [5.74, 6) is 2.29. The number of nitrogens with one attached hydrogen (secondary N) is 2. The van der Waals surface area contributed by atoms with E-state index in [1.54, 1.807) is 6.20 Å². The molecule has 0 aromatic carbocycles. The molecule has 0 atom stereocenters. The molecular formula is C22H29ClN4O2. The van der Waals surface area contributed by atoms with E-state index < -0.39 is 0 Å². The lowest BCUT2D eigenvalue weighted by atomic mass is 9.93. The average molecular weight is 417 g/mol. The summed E-state index contributed by atoms with van der Waals surface area (Å²) in [7, 11) is 0. The van der Waals surface area contributed by atoms with Gasteiger partial charge in [-0.1, -0.05) is 17.7 Å². The number of pyridine rings is 2. The van der Waals surface area contributed by atoms with Crippen molar-refractivity contribution in [2.45, 2.75) is 50.7 Å². The third-order valence-electron chi connectivity index (χ3n) is 5.84. The fourth-order valence-electron chi connectivity index (χ4n) is 4.03. The lowest BCUT2D eigenvalue weighted by molar-refractivity contribution is 0.0699. The van der Waals surface area contributed by atoms with Gasteiger partial charge in [-0.15, -0.1) is 0 Å². The summed E-state index contributed by atoms with van der Waals surface area (Å²) in [5, 5.41) is 17.2. The van der Waals surface area contributed by atoms with Gasteiger partial charge in [0, 0.05) is 37.6 Å². The predicted molar refractivity (Wildman–Crippen MR) is 116 cm³/mol. The molecule has 3 heterocycles. The monoisotopic (exact) mass is 416 g/mol. The zero-order valence-electron chi connectivity index (χ0n) is 16.6. The van der Waals surface area contributed by atoms with Gasteiger partial charge >= 0.3 is 0 Å². The first kappa shape index (κ1) is 20.4. The Morgan fingerprint density at radius 1 is 1.07 bits per heavy atom. The number of aliphatic hydroxyl groups excluding tert-OH is 1. The van der Waals surface area contributed by atoms with Crippen molar-refractivity contribution < 1.29 is 9.84 Å². The molecule has 2 aliphatic rings. The Kier molecular flexibility index (Phi) is 6.85. The van der Waals surface area contributed by atoms with Crippen molar-refractivity contribution in [3.05, 3.63) is 35.5 Å². The van der Waals surface area contributed by atoms with E-state index in [2.05, 4.69) is 15.6 Å². The Bertz CT molecular complexity index is 805. The summed E-state index contributed by atoms with van der Waals surface area (Å²) in [4.78, 5) is 9.21. The lowest BCUT2D eigenvalue weighted by Crippen LogP contribution is -2.28. The minimum Gasteiger partial charge on any atom is -0.393 e. The number of aromatic nitrogens is 2. The van der Waals surface area contributed by atoms with Crippen molar-refractivity contribution in [3.63, 3.8) is 0 Å². The van der Waals surface area contributed by atoms with Crippen LogP contribution in [0.1, 0.15) is 38.5 Å². The van der Waals surface area contributed by atoms with Crippen LogP contribution < -0.4 is 10.6 Å². The minimum absolute atomic E-state index is 0.164. The summed E-state index contributed by atoms with van der Waals surface area (Å²) in [6.45, 7) is 2.61. The molecule has 0 spiro atoms. The van der Waals surface area contributed by atoms with Crippen LogP contribution in [0.4, 0.5) is 11.6 Å². The molecule has 6 nitrogen and oxygen atoms in total. The minimum atomic E-state index is -0.164. The summed E-state index contributed by atoms with van der Waals surface area (Å²) in [6.07, 6.45) is 7.27. The number of ether oxygens (including phenoxy) is 1. The molecule has 2 fully saturated rings. The van der Waals surface area contributed by atoms with Crippen molar-refractivity contribution in [1.82, 2.24) is 9.97 Å². The van der Waals surface area contributed by atoms with Gasteiger partial charge in [-0.2, -0.15) is 0 Å². The van der Waals surface area contributed by atoms with Crippen LogP contribution in [0.2, 0.25) is 5.02 Å². The number of nitrogens with zero attached hydrogens (tertiary/aromatic N) is 2. The van der Waals surface area contributed by atoms with Gasteiger partial charge in [-0.25, -0.2) is 9.97 Å². The van der Waals surface area contributed by atoms with Crippen LogP contribution in [-0.2, 0) is 4.74 Å². The molecule has 2 aromatic heterocycles. The Balaban J connectivity index is 1.44. The highest BCUT2D eigenvalue weighted by Gasteiger charge is 2.20. The normalized spacial score (nSPS) is 23.0. The SMILES string of the molecule is O[C@H]1CC[C@H](Nc2cc(-c3cccc(NCC4CCOCC4)n3)c(Cl)cn2)CC1. The molecule has 1 saturated carbocycles. The second kappa shape index (κ2) is 9.74. The summed E-state index contributed by atoms with van der Waals surface area (Å²) < 4.78 is 5.43. The highest BCUT2D eigenvalue weighted by atomic mass is 35.5. The van der Waals surface area contributed by atoms with E-state index in [4.69, 9.17) is 21.3 Å². The maximum Gasteiger partial charge on any atom is 0.126 e. The number of rotatable bonds is 6. The molecule has 3 N–H and O–H groups in total. The van der Waals surface area contributed by atoms with Crippen LogP contribution in [0, 0.1) is 5.92 Å².